The Bertz CT molecular complexity index is 383. The van der Waals surface area contributed by atoms with Crippen LogP contribution in [-0.2, 0) is 16.7 Å². The number of rotatable bonds is 5. The molecule has 0 aromatic carbocycles. The largest absolute Gasteiger partial charge is 0.379 e. The zero-order chi connectivity index (χ0) is 13.3. The summed E-state index contributed by atoms with van der Waals surface area (Å²) in [6.07, 6.45) is 1.72. The second kappa shape index (κ2) is 5.04. The van der Waals surface area contributed by atoms with Crippen LogP contribution in [0, 0.1) is 6.92 Å². The van der Waals surface area contributed by atoms with Gasteiger partial charge in [-0.05, 0) is 34.1 Å². The fourth-order valence-electron chi connectivity index (χ4n) is 2.03. The number of ether oxygens (including phenoxy) is 1. The molecule has 1 unspecified atom stereocenters. The number of methoxy groups -OCH3 is 1. The van der Waals surface area contributed by atoms with Gasteiger partial charge in [-0.3, -0.25) is 0 Å². The molecule has 0 aliphatic heterocycles. The molecular formula is C13H24N2OS. The van der Waals surface area contributed by atoms with Gasteiger partial charge in [-0.1, -0.05) is 6.92 Å². The summed E-state index contributed by atoms with van der Waals surface area (Å²) in [5.41, 5.74) is 6.91. The van der Waals surface area contributed by atoms with Crippen LogP contribution in [0.4, 0.5) is 0 Å². The molecule has 0 radical (unpaired) electrons. The van der Waals surface area contributed by atoms with Crippen LogP contribution in [-0.4, -0.2) is 17.7 Å². The number of nitrogens with zero attached hydrogens (tertiary/aromatic N) is 1. The molecule has 1 aromatic rings. The Morgan fingerprint density at radius 3 is 2.35 bits per heavy atom. The third-order valence-corrected chi connectivity index (χ3v) is 4.35. The van der Waals surface area contributed by atoms with Crippen molar-refractivity contribution in [2.75, 3.05) is 7.11 Å². The van der Waals surface area contributed by atoms with E-state index in [-0.39, 0.29) is 5.60 Å². The monoisotopic (exact) mass is 256 g/mol. The smallest absolute Gasteiger partial charge is 0.113 e. The molecule has 1 atom stereocenters. The molecule has 1 rings (SSSR count). The summed E-state index contributed by atoms with van der Waals surface area (Å²) in [5.74, 6) is 0. The molecular weight excluding hydrogens is 232 g/mol. The van der Waals surface area contributed by atoms with Crippen molar-refractivity contribution < 1.29 is 4.74 Å². The molecule has 1 heterocycles. The van der Waals surface area contributed by atoms with Crippen molar-refractivity contribution in [3.8, 4) is 0 Å². The van der Waals surface area contributed by atoms with E-state index in [1.54, 1.807) is 18.4 Å². The van der Waals surface area contributed by atoms with E-state index in [2.05, 4.69) is 32.7 Å². The summed E-state index contributed by atoms with van der Waals surface area (Å²) in [6.45, 7) is 10.4. The lowest BCUT2D eigenvalue weighted by molar-refractivity contribution is -0.00149. The van der Waals surface area contributed by atoms with Gasteiger partial charge in [0, 0.05) is 18.4 Å². The number of aryl methyl sites for hydroxylation is 2. The third-order valence-electron chi connectivity index (χ3n) is 3.06. The molecule has 0 spiro atoms. The highest BCUT2D eigenvalue weighted by atomic mass is 32.1. The van der Waals surface area contributed by atoms with E-state index < -0.39 is 5.54 Å². The van der Waals surface area contributed by atoms with Crippen LogP contribution in [0.1, 0.15) is 49.7 Å². The van der Waals surface area contributed by atoms with Gasteiger partial charge in [-0.15, -0.1) is 11.3 Å². The van der Waals surface area contributed by atoms with Crippen molar-refractivity contribution in [2.24, 2.45) is 5.73 Å². The molecule has 4 heteroatoms. The highest BCUT2D eigenvalue weighted by Crippen LogP contribution is 2.33. The first-order chi connectivity index (χ1) is 7.72. The number of nitrogens with two attached hydrogens (primary N) is 1. The third kappa shape index (κ3) is 3.50. The Hall–Kier alpha value is -0.450. The molecule has 0 saturated heterocycles. The van der Waals surface area contributed by atoms with Gasteiger partial charge in [0.1, 0.15) is 5.01 Å². The average Bonchev–Trinajstić information content (AvgIpc) is 2.59. The quantitative estimate of drug-likeness (QED) is 0.881. The maximum absolute atomic E-state index is 6.40. The van der Waals surface area contributed by atoms with Crippen LogP contribution >= 0.6 is 11.3 Å². The fourth-order valence-corrected chi connectivity index (χ4v) is 3.09. The highest BCUT2D eigenvalue weighted by molar-refractivity contribution is 7.11. The first kappa shape index (κ1) is 14.6. The average molecular weight is 256 g/mol. The summed E-state index contributed by atoms with van der Waals surface area (Å²) >= 11 is 1.71. The van der Waals surface area contributed by atoms with Crippen LogP contribution in [0.3, 0.4) is 0 Å². The Labute approximate surface area is 108 Å². The minimum Gasteiger partial charge on any atom is -0.379 e. The Balaban J connectivity index is 2.96. The predicted octanol–water partition coefficient (Wildman–Crippen LogP) is 3.00. The molecule has 0 saturated carbocycles. The SMILES string of the molecule is CCc1nc(C(C)(N)CC(C)(C)OC)sc1C. The number of hydrogen-bond acceptors (Lipinski definition) is 4. The van der Waals surface area contributed by atoms with Crippen LogP contribution < -0.4 is 5.73 Å². The molecule has 0 amide bonds. The summed E-state index contributed by atoms with van der Waals surface area (Å²) < 4.78 is 5.46. The fraction of sp³-hybridized carbons (Fsp3) is 0.769. The van der Waals surface area contributed by atoms with E-state index in [1.165, 1.54) is 4.88 Å². The maximum atomic E-state index is 6.40. The van der Waals surface area contributed by atoms with Crippen molar-refractivity contribution in [3.63, 3.8) is 0 Å². The van der Waals surface area contributed by atoms with Crippen molar-refractivity contribution in [3.05, 3.63) is 15.6 Å². The van der Waals surface area contributed by atoms with E-state index >= 15 is 0 Å². The number of hydrogen-bond donors (Lipinski definition) is 1. The molecule has 3 nitrogen and oxygen atoms in total. The first-order valence-electron chi connectivity index (χ1n) is 6.02. The van der Waals surface area contributed by atoms with Gasteiger partial charge in [0.05, 0.1) is 16.8 Å². The van der Waals surface area contributed by atoms with Crippen molar-refractivity contribution >= 4 is 11.3 Å². The number of aromatic nitrogens is 1. The molecule has 2 N–H and O–H groups in total. The Morgan fingerprint density at radius 1 is 1.35 bits per heavy atom. The van der Waals surface area contributed by atoms with Gasteiger partial charge in [0.15, 0.2) is 0 Å². The highest BCUT2D eigenvalue weighted by Gasteiger charge is 2.33. The van der Waals surface area contributed by atoms with Gasteiger partial charge < -0.3 is 10.5 Å². The summed E-state index contributed by atoms with van der Waals surface area (Å²) in [7, 11) is 1.72. The molecule has 0 bridgehead atoms. The molecule has 0 fully saturated rings. The van der Waals surface area contributed by atoms with Gasteiger partial charge in [0.2, 0.25) is 0 Å². The molecule has 0 aliphatic carbocycles. The van der Waals surface area contributed by atoms with Crippen molar-refractivity contribution in [1.29, 1.82) is 0 Å². The normalized spacial score (nSPS) is 15.9. The predicted molar refractivity (Wildman–Crippen MR) is 73.5 cm³/mol. The van der Waals surface area contributed by atoms with Crippen LogP contribution in [0.25, 0.3) is 0 Å². The second-order valence-corrected chi connectivity index (χ2v) is 6.64. The molecule has 0 aliphatic rings. The van der Waals surface area contributed by atoms with E-state index in [0.717, 1.165) is 23.5 Å². The number of thiazole rings is 1. The first-order valence-corrected chi connectivity index (χ1v) is 6.84. The lowest BCUT2D eigenvalue weighted by Crippen LogP contribution is -2.41. The molecule has 1 aromatic heterocycles. The lowest BCUT2D eigenvalue weighted by atomic mass is 9.89. The van der Waals surface area contributed by atoms with E-state index in [9.17, 15) is 0 Å². The van der Waals surface area contributed by atoms with Crippen molar-refractivity contribution in [1.82, 2.24) is 4.98 Å². The van der Waals surface area contributed by atoms with Crippen LogP contribution in [0.2, 0.25) is 0 Å². The van der Waals surface area contributed by atoms with E-state index in [1.807, 2.05) is 6.92 Å². The zero-order valence-electron chi connectivity index (χ0n) is 11.8. The summed E-state index contributed by atoms with van der Waals surface area (Å²) in [5, 5.41) is 1.01. The Kier molecular flexibility index (Phi) is 4.33. The van der Waals surface area contributed by atoms with Gasteiger partial charge in [-0.25, -0.2) is 4.98 Å². The van der Waals surface area contributed by atoms with Crippen LogP contribution in [0.5, 0.6) is 0 Å². The minimum absolute atomic E-state index is 0.227. The summed E-state index contributed by atoms with van der Waals surface area (Å²) in [4.78, 5) is 5.93. The van der Waals surface area contributed by atoms with Crippen LogP contribution in [0.15, 0.2) is 0 Å². The lowest BCUT2D eigenvalue weighted by Gasteiger charge is -2.32. The maximum Gasteiger partial charge on any atom is 0.113 e. The van der Waals surface area contributed by atoms with E-state index in [0.29, 0.717) is 0 Å². The minimum atomic E-state index is -0.428. The Morgan fingerprint density at radius 2 is 1.94 bits per heavy atom. The second-order valence-electron chi connectivity index (χ2n) is 5.43. The molecule has 17 heavy (non-hydrogen) atoms. The zero-order valence-corrected chi connectivity index (χ0v) is 12.6. The standard InChI is InChI=1S/C13H24N2OS/c1-7-10-9(2)17-11(15-10)13(5,14)8-12(3,4)16-6/h7-8,14H2,1-6H3. The van der Waals surface area contributed by atoms with Gasteiger partial charge >= 0.3 is 0 Å². The molecule has 98 valence electrons. The van der Waals surface area contributed by atoms with Gasteiger partial charge in [-0.2, -0.15) is 0 Å². The van der Waals surface area contributed by atoms with Gasteiger partial charge in [0.25, 0.3) is 0 Å². The van der Waals surface area contributed by atoms with Crippen molar-refractivity contribution in [2.45, 2.75) is 58.6 Å². The topological polar surface area (TPSA) is 48.1 Å². The summed E-state index contributed by atoms with van der Waals surface area (Å²) in [6, 6.07) is 0. The van der Waals surface area contributed by atoms with E-state index in [4.69, 9.17) is 10.5 Å².